The maximum atomic E-state index is 12.3. The zero-order chi connectivity index (χ0) is 17.9. The molecule has 0 unspecified atom stereocenters. The van der Waals surface area contributed by atoms with Gasteiger partial charge in [-0.1, -0.05) is 25.4 Å². The highest BCUT2D eigenvalue weighted by Gasteiger charge is 2.13. The van der Waals surface area contributed by atoms with E-state index < -0.39 is 0 Å². The number of rotatable bonds is 6. The van der Waals surface area contributed by atoms with E-state index in [0.717, 1.165) is 29.3 Å². The standard InChI is InChI=1S/C18H24ClN3O2/c1-12(2)10-22-18(19)16(14(4)20-22)8-9-17(23)21(5)11-15-7-6-13(3)24-15/h6-9,12H,10-11H2,1-5H3/b9-8+. The van der Waals surface area contributed by atoms with E-state index in [9.17, 15) is 4.79 Å². The fourth-order valence-electron chi connectivity index (χ4n) is 2.39. The van der Waals surface area contributed by atoms with Gasteiger partial charge in [0.1, 0.15) is 16.7 Å². The molecule has 1 amide bonds. The minimum absolute atomic E-state index is 0.115. The van der Waals surface area contributed by atoms with Crippen LogP contribution in [0.5, 0.6) is 0 Å². The fourth-order valence-corrected chi connectivity index (χ4v) is 2.69. The van der Waals surface area contributed by atoms with Crippen LogP contribution in [-0.4, -0.2) is 27.6 Å². The largest absolute Gasteiger partial charge is 0.464 e. The van der Waals surface area contributed by atoms with Gasteiger partial charge in [-0.2, -0.15) is 5.10 Å². The van der Waals surface area contributed by atoms with Crippen LogP contribution in [0.3, 0.4) is 0 Å². The predicted octanol–water partition coefficient (Wildman–Crippen LogP) is 4.07. The molecule has 0 saturated carbocycles. The number of amides is 1. The number of likely N-dealkylation sites (N-methyl/N-ethyl adjacent to an activating group) is 1. The first-order valence-electron chi connectivity index (χ1n) is 7.99. The zero-order valence-corrected chi connectivity index (χ0v) is 15.6. The number of aromatic nitrogens is 2. The molecule has 0 aromatic carbocycles. The van der Waals surface area contributed by atoms with Crippen molar-refractivity contribution in [1.82, 2.24) is 14.7 Å². The van der Waals surface area contributed by atoms with E-state index >= 15 is 0 Å². The van der Waals surface area contributed by atoms with Gasteiger partial charge in [-0.15, -0.1) is 0 Å². The van der Waals surface area contributed by atoms with Gasteiger partial charge < -0.3 is 9.32 Å². The summed E-state index contributed by atoms with van der Waals surface area (Å²) in [6.45, 7) is 9.16. The molecule has 2 heterocycles. The van der Waals surface area contributed by atoms with Gasteiger partial charge in [0.15, 0.2) is 0 Å². The third-order valence-corrected chi connectivity index (χ3v) is 4.00. The number of furan rings is 1. The second-order valence-electron chi connectivity index (χ2n) is 6.41. The molecule has 2 rings (SSSR count). The number of aryl methyl sites for hydroxylation is 2. The third-order valence-electron chi connectivity index (χ3n) is 3.61. The highest BCUT2D eigenvalue weighted by Crippen LogP contribution is 2.22. The van der Waals surface area contributed by atoms with Gasteiger partial charge in [0.05, 0.1) is 12.2 Å². The first kappa shape index (κ1) is 18.3. The number of carbonyl (C=O) groups excluding carboxylic acids is 1. The van der Waals surface area contributed by atoms with E-state index in [4.69, 9.17) is 16.0 Å². The van der Waals surface area contributed by atoms with E-state index in [1.807, 2.05) is 26.0 Å². The Morgan fingerprint density at radius 2 is 2.12 bits per heavy atom. The summed E-state index contributed by atoms with van der Waals surface area (Å²) < 4.78 is 7.27. The Kier molecular flexibility index (Phi) is 5.89. The molecule has 0 fully saturated rings. The highest BCUT2D eigenvalue weighted by molar-refractivity contribution is 6.31. The molecule has 5 nitrogen and oxygen atoms in total. The van der Waals surface area contributed by atoms with Crippen LogP contribution in [0.1, 0.15) is 36.6 Å². The minimum atomic E-state index is -0.115. The summed E-state index contributed by atoms with van der Waals surface area (Å²) >= 11 is 6.38. The van der Waals surface area contributed by atoms with E-state index in [-0.39, 0.29) is 5.91 Å². The zero-order valence-electron chi connectivity index (χ0n) is 14.8. The summed E-state index contributed by atoms with van der Waals surface area (Å²) in [4.78, 5) is 13.9. The smallest absolute Gasteiger partial charge is 0.246 e. The maximum absolute atomic E-state index is 12.3. The molecule has 0 atom stereocenters. The number of halogens is 1. The molecular formula is C18H24ClN3O2. The third kappa shape index (κ3) is 4.51. The second-order valence-corrected chi connectivity index (χ2v) is 6.76. The van der Waals surface area contributed by atoms with Crippen LogP contribution >= 0.6 is 11.6 Å². The Hall–Kier alpha value is -2.01. The normalized spacial score (nSPS) is 11.6. The molecule has 0 radical (unpaired) electrons. The van der Waals surface area contributed by atoms with Gasteiger partial charge >= 0.3 is 0 Å². The van der Waals surface area contributed by atoms with Crippen molar-refractivity contribution in [1.29, 1.82) is 0 Å². The molecule has 0 aliphatic rings. The van der Waals surface area contributed by atoms with Gasteiger partial charge in [-0.05, 0) is 38.0 Å². The van der Waals surface area contributed by atoms with E-state index in [1.165, 1.54) is 6.08 Å². The molecule has 130 valence electrons. The van der Waals surface area contributed by atoms with Gasteiger partial charge in [-0.25, -0.2) is 0 Å². The van der Waals surface area contributed by atoms with Gasteiger partial charge in [0, 0.05) is 25.2 Å². The van der Waals surface area contributed by atoms with Crippen molar-refractivity contribution in [2.75, 3.05) is 7.05 Å². The minimum Gasteiger partial charge on any atom is -0.464 e. The van der Waals surface area contributed by atoms with Crippen LogP contribution in [0, 0.1) is 19.8 Å². The topological polar surface area (TPSA) is 51.3 Å². The summed E-state index contributed by atoms with van der Waals surface area (Å²) in [5.41, 5.74) is 1.60. The van der Waals surface area contributed by atoms with Crippen LogP contribution in [-0.2, 0) is 17.9 Å². The predicted molar refractivity (Wildman–Crippen MR) is 95.8 cm³/mol. The Morgan fingerprint density at radius 3 is 2.71 bits per heavy atom. The van der Waals surface area contributed by atoms with Crippen molar-refractivity contribution in [3.05, 3.63) is 46.1 Å². The summed E-state index contributed by atoms with van der Waals surface area (Å²) in [5, 5.41) is 5.00. The van der Waals surface area contributed by atoms with Gasteiger partial charge in [-0.3, -0.25) is 9.48 Å². The first-order chi connectivity index (χ1) is 11.3. The lowest BCUT2D eigenvalue weighted by atomic mass is 10.2. The van der Waals surface area contributed by atoms with Crippen LogP contribution in [0.2, 0.25) is 5.15 Å². The molecule has 0 bridgehead atoms. The molecule has 0 aliphatic heterocycles. The lowest BCUT2D eigenvalue weighted by Gasteiger charge is -2.13. The Labute approximate surface area is 147 Å². The van der Waals surface area contributed by atoms with Crippen molar-refractivity contribution >= 4 is 23.6 Å². The van der Waals surface area contributed by atoms with Crippen molar-refractivity contribution < 1.29 is 9.21 Å². The van der Waals surface area contributed by atoms with Crippen LogP contribution < -0.4 is 0 Å². The van der Waals surface area contributed by atoms with Crippen LogP contribution in [0.15, 0.2) is 22.6 Å². The monoisotopic (exact) mass is 349 g/mol. The van der Waals surface area contributed by atoms with Crippen molar-refractivity contribution in [3.63, 3.8) is 0 Å². The summed E-state index contributed by atoms with van der Waals surface area (Å²) in [6, 6.07) is 3.76. The number of hydrogen-bond donors (Lipinski definition) is 0. The molecule has 6 heteroatoms. The van der Waals surface area contributed by atoms with E-state index in [2.05, 4.69) is 18.9 Å². The Balaban J connectivity index is 2.06. The summed E-state index contributed by atoms with van der Waals surface area (Å²) in [5.74, 6) is 1.93. The molecule has 24 heavy (non-hydrogen) atoms. The Bertz CT molecular complexity index is 744. The lowest BCUT2D eigenvalue weighted by molar-refractivity contribution is -0.125. The average Bonchev–Trinajstić information content (AvgIpc) is 3.01. The van der Waals surface area contributed by atoms with Gasteiger partial charge in [0.2, 0.25) is 5.91 Å². The molecule has 0 N–H and O–H groups in total. The number of nitrogens with zero attached hydrogens (tertiary/aromatic N) is 3. The summed E-state index contributed by atoms with van der Waals surface area (Å²) in [7, 11) is 1.74. The summed E-state index contributed by atoms with van der Waals surface area (Å²) in [6.07, 6.45) is 3.25. The average molecular weight is 350 g/mol. The SMILES string of the molecule is Cc1ccc(CN(C)C(=O)/C=C/c2c(C)nn(CC(C)C)c2Cl)o1. The van der Waals surface area contributed by atoms with E-state index in [1.54, 1.807) is 22.7 Å². The lowest BCUT2D eigenvalue weighted by Crippen LogP contribution is -2.23. The van der Waals surface area contributed by atoms with Crippen molar-refractivity contribution in [2.45, 2.75) is 40.8 Å². The Morgan fingerprint density at radius 1 is 1.42 bits per heavy atom. The molecular weight excluding hydrogens is 326 g/mol. The molecule has 0 saturated heterocycles. The molecule has 2 aromatic heterocycles. The van der Waals surface area contributed by atoms with Crippen molar-refractivity contribution in [3.8, 4) is 0 Å². The highest BCUT2D eigenvalue weighted by atomic mass is 35.5. The molecule has 2 aromatic rings. The van der Waals surface area contributed by atoms with Crippen LogP contribution in [0.25, 0.3) is 6.08 Å². The second kappa shape index (κ2) is 7.71. The van der Waals surface area contributed by atoms with Crippen molar-refractivity contribution in [2.24, 2.45) is 5.92 Å². The maximum Gasteiger partial charge on any atom is 0.246 e. The van der Waals surface area contributed by atoms with Crippen LogP contribution in [0.4, 0.5) is 0 Å². The molecule has 0 spiro atoms. The molecule has 0 aliphatic carbocycles. The number of hydrogen-bond acceptors (Lipinski definition) is 3. The first-order valence-corrected chi connectivity index (χ1v) is 8.37. The quantitative estimate of drug-likeness (QED) is 0.738. The van der Waals surface area contributed by atoms with Gasteiger partial charge in [0.25, 0.3) is 0 Å². The van der Waals surface area contributed by atoms with E-state index in [0.29, 0.717) is 17.6 Å². The fraction of sp³-hybridized carbons (Fsp3) is 0.444. The number of carbonyl (C=O) groups is 1.